The van der Waals surface area contributed by atoms with Crippen molar-refractivity contribution in [2.24, 2.45) is 5.14 Å². The molecule has 4 nitrogen and oxygen atoms in total. The number of nitrogens with zero attached hydrogens (tertiary/aromatic N) is 1. The van der Waals surface area contributed by atoms with Crippen LogP contribution in [0.3, 0.4) is 0 Å². The number of alkyl halides is 3. The van der Waals surface area contributed by atoms with Gasteiger partial charge in [0.15, 0.2) is 0 Å². The number of hydrogen-bond donors (Lipinski definition) is 1. The van der Waals surface area contributed by atoms with E-state index in [9.17, 15) is 17.2 Å². The van der Waals surface area contributed by atoms with Gasteiger partial charge in [0.1, 0.15) is 10.6 Å². The summed E-state index contributed by atoms with van der Waals surface area (Å²) in [7, 11) is -4.19. The van der Waals surface area contributed by atoms with Crippen LogP contribution in [0.1, 0.15) is 17.8 Å². The standard InChI is InChI=1S/C7H7ClF2N2O2S/c8-3-4-1-2-5(15(11,13)14)6(12-4)7(9)10/h1-2,7H,3H2,(H2,11,13,14). The van der Waals surface area contributed by atoms with Gasteiger partial charge in [-0.1, -0.05) is 0 Å². The summed E-state index contributed by atoms with van der Waals surface area (Å²) in [6.45, 7) is 0. The summed E-state index contributed by atoms with van der Waals surface area (Å²) in [5.74, 6) is -0.0788. The van der Waals surface area contributed by atoms with E-state index in [1.807, 2.05) is 0 Å². The zero-order valence-corrected chi connectivity index (χ0v) is 8.89. The number of aromatic nitrogens is 1. The van der Waals surface area contributed by atoms with Crippen molar-refractivity contribution in [2.45, 2.75) is 17.2 Å². The molecule has 0 atom stereocenters. The Morgan fingerprint density at radius 2 is 2.07 bits per heavy atom. The van der Waals surface area contributed by atoms with Gasteiger partial charge >= 0.3 is 0 Å². The largest absolute Gasteiger partial charge is 0.281 e. The van der Waals surface area contributed by atoms with Crippen LogP contribution in [-0.2, 0) is 15.9 Å². The summed E-state index contributed by atoms with van der Waals surface area (Å²) >= 11 is 5.38. The molecule has 0 saturated heterocycles. The molecular weight excluding hydrogens is 250 g/mol. The summed E-state index contributed by atoms with van der Waals surface area (Å²) < 4.78 is 46.8. The Morgan fingerprint density at radius 3 is 2.47 bits per heavy atom. The second-order valence-corrected chi connectivity index (χ2v) is 4.46. The van der Waals surface area contributed by atoms with Gasteiger partial charge in [0.25, 0.3) is 6.43 Å². The van der Waals surface area contributed by atoms with E-state index in [0.717, 1.165) is 6.07 Å². The molecule has 0 bridgehead atoms. The van der Waals surface area contributed by atoms with E-state index in [1.54, 1.807) is 0 Å². The van der Waals surface area contributed by atoms with Crippen LogP contribution in [0.25, 0.3) is 0 Å². The van der Waals surface area contributed by atoms with Crippen LogP contribution >= 0.6 is 11.6 Å². The number of sulfonamides is 1. The number of halogens is 3. The predicted octanol–water partition coefficient (Wildman–Crippen LogP) is 1.41. The number of pyridine rings is 1. The Hall–Kier alpha value is -0.790. The van der Waals surface area contributed by atoms with Crippen LogP contribution in [0.15, 0.2) is 17.0 Å². The van der Waals surface area contributed by atoms with Gasteiger partial charge in [0.2, 0.25) is 10.0 Å². The minimum atomic E-state index is -4.19. The summed E-state index contributed by atoms with van der Waals surface area (Å²) in [5, 5.41) is 4.75. The van der Waals surface area contributed by atoms with Crippen molar-refractivity contribution in [3.8, 4) is 0 Å². The lowest BCUT2D eigenvalue weighted by Crippen LogP contribution is -2.16. The Balaban J connectivity index is 3.41. The lowest BCUT2D eigenvalue weighted by Gasteiger charge is -2.06. The molecule has 0 amide bonds. The summed E-state index contributed by atoms with van der Waals surface area (Å²) in [5.41, 5.74) is -0.699. The SMILES string of the molecule is NS(=O)(=O)c1ccc(CCl)nc1C(F)F. The number of rotatable bonds is 3. The fourth-order valence-electron chi connectivity index (χ4n) is 0.976. The highest BCUT2D eigenvalue weighted by atomic mass is 35.5. The van der Waals surface area contributed by atoms with Gasteiger partial charge in [0, 0.05) is 0 Å². The third-order valence-electron chi connectivity index (χ3n) is 1.59. The second-order valence-electron chi connectivity index (χ2n) is 2.67. The molecular formula is C7H7ClF2N2O2S. The molecule has 8 heteroatoms. The maximum atomic E-state index is 12.4. The number of hydrogen-bond acceptors (Lipinski definition) is 3. The molecule has 0 aliphatic heterocycles. The zero-order chi connectivity index (χ0) is 11.6. The van der Waals surface area contributed by atoms with Crippen molar-refractivity contribution < 1.29 is 17.2 Å². The van der Waals surface area contributed by atoms with Gasteiger partial charge < -0.3 is 0 Å². The fraction of sp³-hybridized carbons (Fsp3) is 0.286. The van der Waals surface area contributed by atoms with Crippen molar-refractivity contribution >= 4 is 21.6 Å². The highest BCUT2D eigenvalue weighted by Gasteiger charge is 2.22. The van der Waals surface area contributed by atoms with E-state index in [2.05, 4.69) is 4.98 Å². The monoisotopic (exact) mass is 256 g/mol. The average molecular weight is 257 g/mol. The van der Waals surface area contributed by atoms with Crippen molar-refractivity contribution in [2.75, 3.05) is 0 Å². The molecule has 84 valence electrons. The molecule has 0 spiro atoms. The molecule has 0 unspecified atom stereocenters. The van der Waals surface area contributed by atoms with E-state index < -0.39 is 27.0 Å². The Kier molecular flexibility index (Phi) is 3.58. The first-order chi connectivity index (χ1) is 6.86. The number of nitrogens with two attached hydrogens (primary N) is 1. The number of primary sulfonamides is 1. The Morgan fingerprint density at radius 1 is 1.47 bits per heavy atom. The fourth-order valence-corrected chi connectivity index (χ4v) is 1.81. The maximum Gasteiger partial charge on any atom is 0.281 e. The van der Waals surface area contributed by atoms with Crippen LogP contribution < -0.4 is 5.14 Å². The predicted molar refractivity (Wildman–Crippen MR) is 50.1 cm³/mol. The van der Waals surface area contributed by atoms with Crippen molar-refractivity contribution in [3.05, 3.63) is 23.5 Å². The molecule has 0 aromatic carbocycles. The Bertz CT molecular complexity index is 464. The summed E-state index contributed by atoms with van der Waals surface area (Å²) in [6.07, 6.45) is -3.01. The summed E-state index contributed by atoms with van der Waals surface area (Å²) in [6, 6.07) is 2.21. The van der Waals surface area contributed by atoms with Crippen LogP contribution in [0.2, 0.25) is 0 Å². The molecule has 1 rings (SSSR count). The third kappa shape index (κ3) is 2.83. The lowest BCUT2D eigenvalue weighted by molar-refractivity contribution is 0.142. The molecule has 0 radical (unpaired) electrons. The third-order valence-corrected chi connectivity index (χ3v) is 2.83. The first kappa shape index (κ1) is 12.3. The minimum absolute atomic E-state index is 0.0788. The van der Waals surface area contributed by atoms with Gasteiger partial charge in [-0.15, -0.1) is 11.6 Å². The highest BCUT2D eigenvalue weighted by Crippen LogP contribution is 2.24. The van der Waals surface area contributed by atoms with E-state index >= 15 is 0 Å². The zero-order valence-electron chi connectivity index (χ0n) is 7.32. The minimum Gasteiger partial charge on any atom is -0.249 e. The van der Waals surface area contributed by atoms with E-state index in [-0.39, 0.29) is 11.6 Å². The molecule has 0 aliphatic rings. The topological polar surface area (TPSA) is 73.1 Å². The van der Waals surface area contributed by atoms with E-state index in [1.165, 1.54) is 6.07 Å². The van der Waals surface area contributed by atoms with Crippen molar-refractivity contribution in [1.29, 1.82) is 0 Å². The molecule has 0 fully saturated rings. The maximum absolute atomic E-state index is 12.4. The first-order valence-electron chi connectivity index (χ1n) is 3.73. The van der Waals surface area contributed by atoms with Crippen molar-refractivity contribution in [1.82, 2.24) is 4.98 Å². The molecule has 1 heterocycles. The van der Waals surface area contributed by atoms with Gasteiger partial charge in [0.05, 0.1) is 11.6 Å². The van der Waals surface area contributed by atoms with E-state index in [4.69, 9.17) is 16.7 Å². The van der Waals surface area contributed by atoms with Crippen LogP contribution in [0.5, 0.6) is 0 Å². The summed E-state index contributed by atoms with van der Waals surface area (Å²) in [4.78, 5) is 2.74. The van der Waals surface area contributed by atoms with Crippen LogP contribution in [-0.4, -0.2) is 13.4 Å². The molecule has 2 N–H and O–H groups in total. The van der Waals surface area contributed by atoms with Gasteiger partial charge in [-0.3, -0.25) is 0 Å². The van der Waals surface area contributed by atoms with E-state index in [0.29, 0.717) is 0 Å². The smallest absolute Gasteiger partial charge is 0.249 e. The highest BCUT2D eigenvalue weighted by molar-refractivity contribution is 7.89. The normalized spacial score (nSPS) is 12.1. The Labute approximate surface area is 90.1 Å². The molecule has 1 aromatic rings. The van der Waals surface area contributed by atoms with Gasteiger partial charge in [-0.25, -0.2) is 27.3 Å². The first-order valence-corrected chi connectivity index (χ1v) is 5.81. The quantitative estimate of drug-likeness (QED) is 0.831. The molecule has 0 saturated carbocycles. The van der Waals surface area contributed by atoms with Crippen LogP contribution in [0.4, 0.5) is 8.78 Å². The molecule has 15 heavy (non-hydrogen) atoms. The average Bonchev–Trinajstić information content (AvgIpc) is 2.15. The van der Waals surface area contributed by atoms with Crippen molar-refractivity contribution in [3.63, 3.8) is 0 Å². The lowest BCUT2D eigenvalue weighted by atomic mass is 10.3. The molecule has 0 aliphatic carbocycles. The second kappa shape index (κ2) is 4.38. The van der Waals surface area contributed by atoms with Gasteiger partial charge in [-0.2, -0.15) is 0 Å². The van der Waals surface area contributed by atoms with Crippen LogP contribution in [0, 0.1) is 0 Å². The van der Waals surface area contributed by atoms with Gasteiger partial charge in [-0.05, 0) is 12.1 Å². The molecule has 1 aromatic heterocycles.